The third-order valence-corrected chi connectivity index (χ3v) is 4.44. The maximum Gasteiger partial charge on any atom is 0.191 e. The molecule has 0 spiro atoms. The third-order valence-electron chi connectivity index (χ3n) is 4.44. The van der Waals surface area contributed by atoms with Crippen molar-refractivity contribution < 1.29 is 4.52 Å². The minimum absolute atomic E-state index is 0. The molecule has 0 atom stereocenters. The Balaban J connectivity index is 0.00000225. The zero-order chi connectivity index (χ0) is 16.9. The summed E-state index contributed by atoms with van der Waals surface area (Å²) in [4.78, 5) is 4.26. The number of aromatic nitrogens is 4. The van der Waals surface area contributed by atoms with Crippen molar-refractivity contribution in [2.75, 3.05) is 7.05 Å². The Bertz CT molecular complexity index is 703. The number of hydrogen-bond acceptors (Lipinski definition) is 5. The minimum Gasteiger partial charge on any atom is -0.361 e. The molecular formula is C16H26IN7O. The Morgan fingerprint density at radius 1 is 1.16 bits per heavy atom. The van der Waals surface area contributed by atoms with Gasteiger partial charge in [0.25, 0.3) is 0 Å². The van der Waals surface area contributed by atoms with Crippen molar-refractivity contribution in [2.24, 2.45) is 4.99 Å². The molecule has 0 fully saturated rings. The zero-order valence-corrected chi connectivity index (χ0v) is 17.3. The number of guanidine groups is 1. The highest BCUT2D eigenvalue weighted by Crippen LogP contribution is 2.14. The number of rotatable bonds is 4. The molecule has 9 heteroatoms. The normalized spacial score (nSPS) is 14.4. The van der Waals surface area contributed by atoms with Gasteiger partial charge in [-0.3, -0.25) is 4.99 Å². The van der Waals surface area contributed by atoms with Gasteiger partial charge in [-0.05, 0) is 26.7 Å². The third kappa shape index (κ3) is 4.71. The molecule has 1 aliphatic heterocycles. The van der Waals surface area contributed by atoms with Crippen molar-refractivity contribution in [1.29, 1.82) is 0 Å². The molecule has 0 saturated heterocycles. The van der Waals surface area contributed by atoms with Crippen LogP contribution in [0.4, 0.5) is 0 Å². The topological polar surface area (TPSA) is 93.2 Å². The number of halogens is 1. The summed E-state index contributed by atoms with van der Waals surface area (Å²) in [5, 5.41) is 19.2. The lowest BCUT2D eigenvalue weighted by Gasteiger charge is -2.12. The Hall–Kier alpha value is -1.65. The number of hydrogen-bond donors (Lipinski definition) is 2. The van der Waals surface area contributed by atoms with Crippen LogP contribution in [-0.4, -0.2) is 32.9 Å². The predicted octanol–water partition coefficient (Wildman–Crippen LogP) is 2.09. The molecule has 25 heavy (non-hydrogen) atoms. The Kier molecular flexibility index (Phi) is 7.21. The van der Waals surface area contributed by atoms with Gasteiger partial charge in [-0.25, -0.2) is 0 Å². The predicted molar refractivity (Wildman–Crippen MR) is 106 cm³/mol. The highest BCUT2D eigenvalue weighted by Gasteiger charge is 2.15. The van der Waals surface area contributed by atoms with Crippen LogP contribution in [0.15, 0.2) is 9.52 Å². The van der Waals surface area contributed by atoms with Crippen LogP contribution in [0.3, 0.4) is 0 Å². The average molecular weight is 459 g/mol. The maximum absolute atomic E-state index is 5.18. The molecule has 2 aromatic rings. The molecule has 2 N–H and O–H groups in total. The highest BCUT2D eigenvalue weighted by molar-refractivity contribution is 14.0. The molecule has 2 aromatic heterocycles. The first kappa shape index (κ1) is 19.7. The fraction of sp³-hybridized carbons (Fsp3) is 0.625. The maximum atomic E-state index is 5.18. The first-order valence-electron chi connectivity index (χ1n) is 8.46. The molecule has 0 radical (unpaired) electrons. The summed E-state index contributed by atoms with van der Waals surface area (Å²) in [5.41, 5.74) is 1.97. The second kappa shape index (κ2) is 9.16. The Morgan fingerprint density at radius 2 is 1.96 bits per heavy atom. The summed E-state index contributed by atoms with van der Waals surface area (Å²) in [6, 6.07) is 0. The van der Waals surface area contributed by atoms with E-state index in [0.717, 1.165) is 47.6 Å². The quantitative estimate of drug-likeness (QED) is 0.413. The zero-order valence-electron chi connectivity index (χ0n) is 15.0. The summed E-state index contributed by atoms with van der Waals surface area (Å²) in [7, 11) is 1.76. The summed E-state index contributed by atoms with van der Waals surface area (Å²) in [6.45, 7) is 6.09. The van der Waals surface area contributed by atoms with Crippen LogP contribution in [0.25, 0.3) is 0 Å². The van der Waals surface area contributed by atoms with Crippen LogP contribution in [0.1, 0.15) is 47.9 Å². The molecule has 0 aliphatic carbocycles. The summed E-state index contributed by atoms with van der Waals surface area (Å²) >= 11 is 0. The Morgan fingerprint density at radius 3 is 2.68 bits per heavy atom. The Labute approximate surface area is 164 Å². The lowest BCUT2D eigenvalue weighted by Crippen LogP contribution is -2.37. The first-order valence-corrected chi connectivity index (χ1v) is 8.46. The molecule has 3 heterocycles. The van der Waals surface area contributed by atoms with E-state index in [1.165, 1.54) is 19.3 Å². The molecule has 0 saturated carbocycles. The molecular weight excluding hydrogens is 433 g/mol. The van der Waals surface area contributed by atoms with Crippen molar-refractivity contribution in [1.82, 2.24) is 30.6 Å². The number of nitrogens with one attached hydrogen (secondary N) is 2. The lowest BCUT2D eigenvalue weighted by molar-refractivity contribution is 0.392. The van der Waals surface area contributed by atoms with Crippen molar-refractivity contribution in [3.8, 4) is 0 Å². The highest BCUT2D eigenvalue weighted by atomic mass is 127. The molecule has 8 nitrogen and oxygen atoms in total. The van der Waals surface area contributed by atoms with Crippen LogP contribution in [-0.2, 0) is 26.1 Å². The van der Waals surface area contributed by atoms with E-state index in [9.17, 15) is 0 Å². The molecule has 0 aromatic carbocycles. The van der Waals surface area contributed by atoms with Crippen molar-refractivity contribution in [2.45, 2.75) is 59.2 Å². The van der Waals surface area contributed by atoms with E-state index in [1.54, 1.807) is 7.05 Å². The van der Waals surface area contributed by atoms with Gasteiger partial charge >= 0.3 is 0 Å². The van der Waals surface area contributed by atoms with Crippen molar-refractivity contribution in [3.05, 3.63) is 28.7 Å². The fourth-order valence-corrected chi connectivity index (χ4v) is 2.99. The standard InChI is InChI=1S/C16H25N7O.HI/c1-11-13(12(2)24-22-11)9-18-16(17-3)19-10-15-21-20-14-7-5-4-6-8-23(14)15;/h4-10H2,1-3H3,(H2,17,18,19);1H. The molecule has 0 unspecified atom stereocenters. The van der Waals surface area contributed by atoms with Crippen molar-refractivity contribution >= 4 is 29.9 Å². The van der Waals surface area contributed by atoms with Gasteiger partial charge in [-0.15, -0.1) is 34.2 Å². The number of nitrogens with zero attached hydrogens (tertiary/aromatic N) is 5. The van der Waals surface area contributed by atoms with E-state index in [0.29, 0.717) is 13.1 Å². The van der Waals surface area contributed by atoms with Crippen molar-refractivity contribution in [3.63, 3.8) is 0 Å². The van der Waals surface area contributed by atoms with Gasteiger partial charge in [0.2, 0.25) is 0 Å². The summed E-state index contributed by atoms with van der Waals surface area (Å²) in [5.74, 6) is 3.62. The van der Waals surface area contributed by atoms with Crippen LogP contribution in [0, 0.1) is 13.8 Å². The number of aliphatic imine (C=N–C) groups is 1. The van der Waals surface area contributed by atoms with E-state index < -0.39 is 0 Å². The molecule has 1 aliphatic rings. The minimum atomic E-state index is 0. The van der Waals surface area contributed by atoms with Gasteiger partial charge in [0.1, 0.15) is 11.6 Å². The molecule has 138 valence electrons. The van der Waals surface area contributed by atoms with Crippen LogP contribution >= 0.6 is 24.0 Å². The fourth-order valence-electron chi connectivity index (χ4n) is 2.99. The van der Waals surface area contributed by atoms with Crippen LogP contribution < -0.4 is 10.6 Å². The second-order valence-electron chi connectivity index (χ2n) is 6.08. The lowest BCUT2D eigenvalue weighted by atomic mass is 10.2. The molecule has 0 bridgehead atoms. The molecule has 3 rings (SSSR count). The van der Waals surface area contributed by atoms with Gasteiger partial charge in [-0.1, -0.05) is 11.6 Å². The van der Waals surface area contributed by atoms with E-state index in [1.807, 2.05) is 13.8 Å². The second-order valence-corrected chi connectivity index (χ2v) is 6.08. The number of fused-ring (bicyclic) bond motifs is 1. The van der Waals surface area contributed by atoms with Gasteiger partial charge in [0.05, 0.1) is 12.2 Å². The van der Waals surface area contributed by atoms with Crippen LogP contribution in [0.5, 0.6) is 0 Å². The van der Waals surface area contributed by atoms with E-state index in [-0.39, 0.29) is 24.0 Å². The first-order chi connectivity index (χ1) is 11.7. The SMILES string of the molecule is CN=C(NCc1c(C)noc1C)NCc1nnc2n1CCCCC2.I. The van der Waals surface area contributed by atoms with E-state index in [4.69, 9.17) is 4.52 Å². The summed E-state index contributed by atoms with van der Waals surface area (Å²) in [6.07, 6.45) is 4.67. The smallest absolute Gasteiger partial charge is 0.191 e. The van der Waals surface area contributed by atoms with E-state index >= 15 is 0 Å². The monoisotopic (exact) mass is 459 g/mol. The summed E-state index contributed by atoms with van der Waals surface area (Å²) < 4.78 is 7.42. The van der Waals surface area contributed by atoms with Gasteiger partial charge in [-0.2, -0.15) is 0 Å². The molecule has 0 amide bonds. The van der Waals surface area contributed by atoms with E-state index in [2.05, 4.69) is 35.5 Å². The van der Waals surface area contributed by atoms with Gasteiger partial charge < -0.3 is 19.7 Å². The average Bonchev–Trinajstić information content (AvgIpc) is 3.01. The van der Waals surface area contributed by atoms with Gasteiger partial charge in [0, 0.05) is 32.1 Å². The van der Waals surface area contributed by atoms with Crippen LogP contribution in [0.2, 0.25) is 0 Å². The van der Waals surface area contributed by atoms with Gasteiger partial charge in [0.15, 0.2) is 11.8 Å². The largest absolute Gasteiger partial charge is 0.361 e. The number of aryl methyl sites for hydroxylation is 3.